The molecule has 3 heteroatoms. The van der Waals surface area contributed by atoms with E-state index in [2.05, 4.69) is 43.3 Å². The van der Waals surface area contributed by atoms with Crippen molar-refractivity contribution in [3.05, 3.63) is 106 Å². The SMILES string of the molecule is Cc1ccccc1CCc1cc(F)ccc1CC1CC1[C@@H]1CCC[C@@H](OCc2ccccc2)[C@H]1O. The molecule has 3 aromatic carbocycles. The van der Waals surface area contributed by atoms with Gasteiger partial charge in [-0.25, -0.2) is 4.39 Å². The van der Waals surface area contributed by atoms with Crippen molar-refractivity contribution >= 4 is 0 Å². The molecule has 0 aliphatic heterocycles. The largest absolute Gasteiger partial charge is 0.390 e. The normalized spacial score (nSPS) is 26.0. The van der Waals surface area contributed by atoms with E-state index in [9.17, 15) is 9.50 Å². The van der Waals surface area contributed by atoms with Crippen molar-refractivity contribution in [3.8, 4) is 0 Å². The maximum Gasteiger partial charge on any atom is 0.123 e. The third kappa shape index (κ3) is 6.02. The van der Waals surface area contributed by atoms with Crippen molar-refractivity contribution in [2.24, 2.45) is 17.8 Å². The predicted octanol–water partition coefficient (Wildman–Crippen LogP) is 6.84. The van der Waals surface area contributed by atoms with E-state index < -0.39 is 6.10 Å². The van der Waals surface area contributed by atoms with E-state index in [0.29, 0.717) is 24.4 Å². The van der Waals surface area contributed by atoms with Gasteiger partial charge in [-0.2, -0.15) is 0 Å². The molecule has 5 atom stereocenters. The Morgan fingerprint density at radius 2 is 1.63 bits per heavy atom. The number of aliphatic hydroxyl groups is 1. The zero-order chi connectivity index (χ0) is 24.2. The van der Waals surface area contributed by atoms with Crippen molar-refractivity contribution in [1.29, 1.82) is 0 Å². The molecule has 184 valence electrons. The summed E-state index contributed by atoms with van der Waals surface area (Å²) in [7, 11) is 0. The molecule has 0 bridgehead atoms. The van der Waals surface area contributed by atoms with Gasteiger partial charge in [-0.15, -0.1) is 0 Å². The molecule has 0 amide bonds. The first-order valence-corrected chi connectivity index (χ1v) is 13.2. The zero-order valence-corrected chi connectivity index (χ0v) is 20.7. The van der Waals surface area contributed by atoms with Gasteiger partial charge >= 0.3 is 0 Å². The van der Waals surface area contributed by atoms with Gasteiger partial charge in [0.2, 0.25) is 0 Å². The van der Waals surface area contributed by atoms with Gasteiger partial charge in [-0.3, -0.25) is 0 Å². The van der Waals surface area contributed by atoms with Gasteiger partial charge in [0.25, 0.3) is 0 Å². The van der Waals surface area contributed by atoms with E-state index >= 15 is 0 Å². The Hall–Kier alpha value is -2.49. The minimum atomic E-state index is -0.392. The first kappa shape index (κ1) is 24.2. The summed E-state index contributed by atoms with van der Waals surface area (Å²) in [6.07, 6.45) is 6.58. The molecule has 0 spiro atoms. The van der Waals surface area contributed by atoms with Crippen LogP contribution in [0.3, 0.4) is 0 Å². The fourth-order valence-corrected chi connectivity index (χ4v) is 6.10. The van der Waals surface area contributed by atoms with Crippen LogP contribution >= 0.6 is 0 Å². The lowest BCUT2D eigenvalue weighted by molar-refractivity contribution is -0.0962. The molecule has 3 aromatic rings. The summed E-state index contributed by atoms with van der Waals surface area (Å²) < 4.78 is 20.3. The molecular formula is C32H37FO2. The summed E-state index contributed by atoms with van der Waals surface area (Å²) in [4.78, 5) is 0. The maximum absolute atomic E-state index is 14.1. The molecule has 5 rings (SSSR count). The highest BCUT2D eigenvalue weighted by molar-refractivity contribution is 5.32. The van der Waals surface area contributed by atoms with Gasteiger partial charge in [0.05, 0.1) is 18.8 Å². The molecular weight excluding hydrogens is 435 g/mol. The lowest BCUT2D eigenvalue weighted by Crippen LogP contribution is -2.40. The van der Waals surface area contributed by atoms with Crippen LogP contribution in [0.15, 0.2) is 72.8 Å². The zero-order valence-electron chi connectivity index (χ0n) is 20.7. The molecule has 0 aromatic heterocycles. The van der Waals surface area contributed by atoms with Gasteiger partial charge in [-0.1, -0.05) is 67.1 Å². The second-order valence-electron chi connectivity index (χ2n) is 10.6. The molecule has 2 unspecified atom stereocenters. The molecule has 2 nitrogen and oxygen atoms in total. The molecule has 1 N–H and O–H groups in total. The van der Waals surface area contributed by atoms with Crippen LogP contribution in [0.25, 0.3) is 0 Å². The Morgan fingerprint density at radius 1 is 0.857 bits per heavy atom. The van der Waals surface area contributed by atoms with Crippen LogP contribution in [-0.4, -0.2) is 17.3 Å². The van der Waals surface area contributed by atoms with Crippen molar-refractivity contribution in [1.82, 2.24) is 0 Å². The van der Waals surface area contributed by atoms with Crippen molar-refractivity contribution in [3.63, 3.8) is 0 Å². The number of halogens is 1. The first-order valence-electron chi connectivity index (χ1n) is 13.2. The Bertz CT molecular complexity index is 1110. The molecule has 35 heavy (non-hydrogen) atoms. The number of rotatable bonds is 9. The van der Waals surface area contributed by atoms with Crippen LogP contribution in [0.4, 0.5) is 4.39 Å². The highest BCUT2D eigenvalue weighted by Crippen LogP contribution is 2.51. The smallest absolute Gasteiger partial charge is 0.123 e. The summed E-state index contributed by atoms with van der Waals surface area (Å²) in [5.74, 6) is 1.28. The second kappa shape index (κ2) is 11.1. The number of hydrogen-bond donors (Lipinski definition) is 1. The Morgan fingerprint density at radius 3 is 2.46 bits per heavy atom. The van der Waals surface area contributed by atoms with Gasteiger partial charge < -0.3 is 9.84 Å². The number of hydrogen-bond acceptors (Lipinski definition) is 2. The van der Waals surface area contributed by atoms with Crippen LogP contribution in [0.5, 0.6) is 0 Å². The standard InChI is InChI=1S/C32H37FO2/c1-22-8-5-6-11-24(22)14-15-26-19-28(33)17-16-25(26)18-27-20-30(27)29-12-7-13-31(32(29)34)35-21-23-9-3-2-4-10-23/h2-6,8-11,16-17,19,27,29-32,34H,7,12-15,18,20-21H2,1H3/t27?,29-,30?,31+,32-/m0/s1. The predicted molar refractivity (Wildman–Crippen MR) is 139 cm³/mol. The van der Waals surface area contributed by atoms with Crippen LogP contribution in [-0.2, 0) is 30.6 Å². The van der Waals surface area contributed by atoms with E-state index in [1.165, 1.54) is 16.7 Å². The first-order chi connectivity index (χ1) is 17.1. The summed E-state index contributed by atoms with van der Waals surface area (Å²) >= 11 is 0. The minimum absolute atomic E-state index is 0.0781. The fraction of sp³-hybridized carbons (Fsp3) is 0.438. The Kier molecular flexibility index (Phi) is 7.65. The maximum atomic E-state index is 14.1. The number of ether oxygens (including phenoxy) is 1. The van der Waals surface area contributed by atoms with E-state index in [-0.39, 0.29) is 11.9 Å². The topological polar surface area (TPSA) is 29.5 Å². The van der Waals surface area contributed by atoms with Gasteiger partial charge in [0.1, 0.15) is 5.82 Å². The highest BCUT2D eigenvalue weighted by Gasteiger charge is 2.48. The molecule has 2 aliphatic rings. The fourth-order valence-electron chi connectivity index (χ4n) is 6.10. The quantitative estimate of drug-likeness (QED) is 0.369. The third-order valence-corrected chi connectivity index (χ3v) is 8.26. The average molecular weight is 473 g/mol. The van der Waals surface area contributed by atoms with Gasteiger partial charge in [0, 0.05) is 0 Å². The lowest BCUT2D eigenvalue weighted by Gasteiger charge is -2.35. The number of aryl methyl sites for hydroxylation is 3. The van der Waals surface area contributed by atoms with Gasteiger partial charge in [-0.05, 0) is 103 Å². The van der Waals surface area contributed by atoms with E-state index in [0.717, 1.165) is 56.1 Å². The second-order valence-corrected chi connectivity index (χ2v) is 10.6. The van der Waals surface area contributed by atoms with Gasteiger partial charge in [0.15, 0.2) is 0 Å². The summed E-state index contributed by atoms with van der Waals surface area (Å²) in [5, 5.41) is 11.2. The Balaban J connectivity index is 1.19. The molecule has 0 radical (unpaired) electrons. The molecule has 2 fully saturated rings. The van der Waals surface area contributed by atoms with E-state index in [1.807, 2.05) is 24.3 Å². The monoisotopic (exact) mass is 472 g/mol. The molecule has 0 saturated heterocycles. The van der Waals surface area contributed by atoms with Crippen LogP contribution < -0.4 is 0 Å². The lowest BCUT2D eigenvalue weighted by atomic mass is 9.80. The highest BCUT2D eigenvalue weighted by atomic mass is 19.1. The third-order valence-electron chi connectivity index (χ3n) is 8.26. The number of benzene rings is 3. The van der Waals surface area contributed by atoms with Crippen molar-refractivity contribution in [2.75, 3.05) is 0 Å². The molecule has 0 heterocycles. The van der Waals surface area contributed by atoms with Crippen LogP contribution in [0, 0.1) is 30.5 Å². The minimum Gasteiger partial charge on any atom is -0.390 e. The van der Waals surface area contributed by atoms with Crippen LogP contribution in [0.2, 0.25) is 0 Å². The van der Waals surface area contributed by atoms with Crippen molar-refractivity contribution < 1.29 is 14.2 Å². The van der Waals surface area contributed by atoms with Crippen molar-refractivity contribution in [2.45, 2.75) is 70.7 Å². The molecule has 2 saturated carbocycles. The van der Waals surface area contributed by atoms with Crippen LogP contribution in [0.1, 0.15) is 53.5 Å². The summed E-state index contributed by atoms with van der Waals surface area (Å²) in [6.45, 7) is 2.70. The Labute approximate surface area is 209 Å². The summed E-state index contributed by atoms with van der Waals surface area (Å²) in [6, 6.07) is 24.0. The van der Waals surface area contributed by atoms with E-state index in [4.69, 9.17) is 4.74 Å². The summed E-state index contributed by atoms with van der Waals surface area (Å²) in [5.41, 5.74) is 6.18. The van der Waals surface area contributed by atoms with E-state index in [1.54, 1.807) is 12.1 Å². The molecule has 2 aliphatic carbocycles. The average Bonchev–Trinajstić information content (AvgIpc) is 3.64. The number of aliphatic hydroxyl groups excluding tert-OH is 1.